The Labute approximate surface area is 134 Å². The topological polar surface area (TPSA) is 47.6 Å². The van der Waals surface area contributed by atoms with Crippen molar-refractivity contribution in [1.29, 1.82) is 0 Å². The second kappa shape index (κ2) is 7.13. The average molecular weight is 315 g/mol. The zero-order valence-corrected chi connectivity index (χ0v) is 12.7. The van der Waals surface area contributed by atoms with E-state index in [2.05, 4.69) is 5.32 Å². The van der Waals surface area contributed by atoms with Crippen LogP contribution < -0.4 is 14.8 Å². The second-order valence-electron chi connectivity index (χ2n) is 5.34. The fraction of sp³-hybridized carbons (Fsp3) is 0.278. The standard InChI is InChI=1S/C18H18FNO3/c19-15-5-3-14(4-6-15)18(21)20-9-8-13-2-7-16-17(12-13)23-11-1-10-22-16/h2-7,12H,1,8-11H2,(H,20,21). The van der Waals surface area contributed by atoms with Crippen LogP contribution in [0.4, 0.5) is 4.39 Å². The summed E-state index contributed by atoms with van der Waals surface area (Å²) in [6.45, 7) is 1.81. The molecule has 5 heteroatoms. The van der Waals surface area contributed by atoms with Gasteiger partial charge in [0, 0.05) is 18.5 Å². The molecule has 0 bridgehead atoms. The van der Waals surface area contributed by atoms with Crippen molar-refractivity contribution in [2.75, 3.05) is 19.8 Å². The van der Waals surface area contributed by atoms with Crippen molar-refractivity contribution in [2.24, 2.45) is 0 Å². The van der Waals surface area contributed by atoms with Crippen molar-refractivity contribution in [2.45, 2.75) is 12.8 Å². The minimum absolute atomic E-state index is 0.209. The molecule has 3 rings (SSSR count). The van der Waals surface area contributed by atoms with Crippen LogP contribution in [0, 0.1) is 5.82 Å². The van der Waals surface area contributed by atoms with Crippen molar-refractivity contribution in [3.8, 4) is 11.5 Å². The van der Waals surface area contributed by atoms with Gasteiger partial charge in [0.25, 0.3) is 5.91 Å². The summed E-state index contributed by atoms with van der Waals surface area (Å²) in [6, 6.07) is 11.3. The van der Waals surface area contributed by atoms with Crippen molar-refractivity contribution < 1.29 is 18.7 Å². The second-order valence-corrected chi connectivity index (χ2v) is 5.34. The number of ether oxygens (including phenoxy) is 2. The van der Waals surface area contributed by atoms with Gasteiger partial charge >= 0.3 is 0 Å². The summed E-state index contributed by atoms with van der Waals surface area (Å²) < 4.78 is 24.1. The number of carbonyl (C=O) groups excluding carboxylic acids is 1. The van der Waals surface area contributed by atoms with E-state index in [9.17, 15) is 9.18 Å². The van der Waals surface area contributed by atoms with Crippen LogP contribution in [0.3, 0.4) is 0 Å². The molecular formula is C18H18FNO3. The Balaban J connectivity index is 1.55. The number of hydrogen-bond donors (Lipinski definition) is 1. The highest BCUT2D eigenvalue weighted by Crippen LogP contribution is 2.30. The van der Waals surface area contributed by atoms with Gasteiger partial charge in [-0.2, -0.15) is 0 Å². The van der Waals surface area contributed by atoms with Crippen molar-refractivity contribution in [3.63, 3.8) is 0 Å². The smallest absolute Gasteiger partial charge is 0.251 e. The summed E-state index contributed by atoms with van der Waals surface area (Å²) in [4.78, 5) is 11.9. The van der Waals surface area contributed by atoms with E-state index < -0.39 is 0 Å². The third-order valence-electron chi connectivity index (χ3n) is 3.62. The van der Waals surface area contributed by atoms with Gasteiger partial charge in [-0.25, -0.2) is 4.39 Å². The van der Waals surface area contributed by atoms with Crippen molar-refractivity contribution in [3.05, 3.63) is 59.4 Å². The molecule has 0 fully saturated rings. The minimum atomic E-state index is -0.353. The zero-order chi connectivity index (χ0) is 16.1. The highest BCUT2D eigenvalue weighted by Gasteiger charge is 2.11. The summed E-state index contributed by atoms with van der Waals surface area (Å²) in [5, 5.41) is 2.83. The lowest BCUT2D eigenvalue weighted by Crippen LogP contribution is -2.25. The third-order valence-corrected chi connectivity index (χ3v) is 3.62. The Hall–Kier alpha value is -2.56. The van der Waals surface area contributed by atoms with E-state index in [-0.39, 0.29) is 11.7 Å². The third kappa shape index (κ3) is 4.00. The lowest BCUT2D eigenvalue weighted by Gasteiger charge is -2.10. The number of rotatable bonds is 4. The number of amides is 1. The van der Waals surface area contributed by atoms with Crippen molar-refractivity contribution >= 4 is 5.91 Å². The first-order valence-corrected chi connectivity index (χ1v) is 7.65. The molecule has 1 aliphatic rings. The van der Waals surface area contributed by atoms with Gasteiger partial charge in [0.15, 0.2) is 11.5 Å². The quantitative estimate of drug-likeness (QED) is 0.943. The Kier molecular flexibility index (Phi) is 4.76. The summed E-state index contributed by atoms with van der Waals surface area (Å²) in [5.74, 6) is 0.958. The SMILES string of the molecule is O=C(NCCc1ccc2c(c1)OCCCO2)c1ccc(F)cc1. The molecule has 0 aliphatic carbocycles. The molecule has 1 amide bonds. The van der Waals surface area contributed by atoms with Crippen LogP contribution in [0.15, 0.2) is 42.5 Å². The zero-order valence-electron chi connectivity index (χ0n) is 12.7. The fourth-order valence-electron chi connectivity index (χ4n) is 2.39. The molecule has 0 saturated carbocycles. The van der Waals surface area contributed by atoms with Gasteiger partial charge in [-0.15, -0.1) is 0 Å². The first-order chi connectivity index (χ1) is 11.2. The van der Waals surface area contributed by atoms with Crippen LogP contribution in [0.25, 0.3) is 0 Å². The normalized spacial score (nSPS) is 13.3. The van der Waals surface area contributed by atoms with Crippen LogP contribution in [0.2, 0.25) is 0 Å². The average Bonchev–Trinajstić information content (AvgIpc) is 2.80. The van der Waals surface area contributed by atoms with Gasteiger partial charge in [0.1, 0.15) is 5.82 Å². The summed E-state index contributed by atoms with van der Waals surface area (Å²) in [7, 11) is 0. The van der Waals surface area contributed by atoms with Gasteiger partial charge in [-0.1, -0.05) is 6.07 Å². The molecule has 2 aromatic carbocycles. The predicted molar refractivity (Wildman–Crippen MR) is 84.5 cm³/mol. The molecule has 0 aromatic heterocycles. The number of nitrogens with one attached hydrogen (secondary N) is 1. The van der Waals surface area contributed by atoms with Crippen LogP contribution in [-0.4, -0.2) is 25.7 Å². The van der Waals surface area contributed by atoms with E-state index in [4.69, 9.17) is 9.47 Å². The van der Waals surface area contributed by atoms with Crippen molar-refractivity contribution in [1.82, 2.24) is 5.32 Å². The first kappa shape index (κ1) is 15.3. The molecule has 1 aliphatic heterocycles. The molecule has 0 spiro atoms. The number of benzene rings is 2. The van der Waals surface area contributed by atoms with Gasteiger partial charge in [0.2, 0.25) is 0 Å². The molecule has 1 N–H and O–H groups in total. The van der Waals surface area contributed by atoms with E-state index in [1.807, 2.05) is 18.2 Å². The molecule has 0 atom stereocenters. The molecule has 120 valence electrons. The summed E-state index contributed by atoms with van der Waals surface area (Å²) >= 11 is 0. The first-order valence-electron chi connectivity index (χ1n) is 7.65. The van der Waals surface area contributed by atoms with Gasteiger partial charge < -0.3 is 14.8 Å². The fourth-order valence-corrected chi connectivity index (χ4v) is 2.39. The van der Waals surface area contributed by atoms with E-state index in [1.54, 1.807) is 0 Å². The highest BCUT2D eigenvalue weighted by molar-refractivity contribution is 5.94. The maximum absolute atomic E-state index is 12.8. The van der Waals surface area contributed by atoms with Gasteiger partial charge in [0.05, 0.1) is 13.2 Å². The maximum Gasteiger partial charge on any atom is 0.251 e. The molecule has 0 radical (unpaired) electrons. The van der Waals surface area contributed by atoms with E-state index in [0.29, 0.717) is 31.7 Å². The van der Waals surface area contributed by atoms with Gasteiger partial charge in [-0.3, -0.25) is 4.79 Å². The summed E-state index contributed by atoms with van der Waals surface area (Å²) in [5.41, 5.74) is 1.51. The van der Waals surface area contributed by atoms with Crippen LogP contribution in [-0.2, 0) is 6.42 Å². The molecule has 0 saturated heterocycles. The maximum atomic E-state index is 12.8. The van der Waals surface area contributed by atoms with E-state index >= 15 is 0 Å². The van der Waals surface area contributed by atoms with Crippen LogP contribution in [0.5, 0.6) is 11.5 Å². The van der Waals surface area contributed by atoms with Crippen LogP contribution >= 0.6 is 0 Å². The molecule has 4 nitrogen and oxygen atoms in total. The number of carbonyl (C=O) groups is 1. The van der Waals surface area contributed by atoms with Crippen LogP contribution in [0.1, 0.15) is 22.3 Å². The minimum Gasteiger partial charge on any atom is -0.490 e. The Morgan fingerprint density at radius 3 is 2.57 bits per heavy atom. The number of hydrogen-bond acceptors (Lipinski definition) is 3. The number of halogens is 1. The molecule has 2 aromatic rings. The Bertz CT molecular complexity index is 685. The molecule has 1 heterocycles. The molecule has 23 heavy (non-hydrogen) atoms. The molecular weight excluding hydrogens is 297 g/mol. The molecule has 0 unspecified atom stereocenters. The predicted octanol–water partition coefficient (Wildman–Crippen LogP) is 2.96. The van der Waals surface area contributed by atoms with Gasteiger partial charge in [-0.05, 0) is 48.4 Å². The Morgan fingerprint density at radius 1 is 1.04 bits per heavy atom. The monoisotopic (exact) mass is 315 g/mol. The summed E-state index contributed by atoms with van der Waals surface area (Å²) in [6.07, 6.45) is 1.56. The van der Waals surface area contributed by atoms with E-state index in [1.165, 1.54) is 24.3 Å². The Morgan fingerprint density at radius 2 is 1.78 bits per heavy atom. The lowest BCUT2D eigenvalue weighted by molar-refractivity contribution is 0.0954. The van der Waals surface area contributed by atoms with E-state index in [0.717, 1.165) is 23.5 Å². The number of fused-ring (bicyclic) bond motifs is 1. The largest absolute Gasteiger partial charge is 0.490 e. The highest BCUT2D eigenvalue weighted by atomic mass is 19.1. The lowest BCUT2D eigenvalue weighted by atomic mass is 10.1.